The van der Waals surface area contributed by atoms with Crippen molar-refractivity contribution in [3.05, 3.63) is 52.1 Å². The summed E-state index contributed by atoms with van der Waals surface area (Å²) >= 11 is 3.66. The summed E-state index contributed by atoms with van der Waals surface area (Å²) in [6, 6.07) is 12.0. The van der Waals surface area contributed by atoms with Crippen molar-refractivity contribution in [2.24, 2.45) is 0 Å². The average Bonchev–Trinajstić information content (AvgIpc) is 2.93. The Balaban J connectivity index is 2.13. The van der Waals surface area contributed by atoms with Gasteiger partial charge < -0.3 is 14.5 Å². The van der Waals surface area contributed by atoms with Crippen molar-refractivity contribution in [3.8, 4) is 16.9 Å². The number of nitrogens with one attached hydrogen (secondary N) is 1. The fourth-order valence-electron chi connectivity index (χ4n) is 3.09. The number of hydrogen-bond donors (Lipinski definition) is 1. The first-order valence-electron chi connectivity index (χ1n) is 8.67. The second-order valence-corrected chi connectivity index (χ2v) is 7.24. The summed E-state index contributed by atoms with van der Waals surface area (Å²) in [5, 5.41) is 1.01. The molecule has 0 amide bonds. The Morgan fingerprint density at radius 2 is 1.85 bits per heavy atom. The zero-order valence-corrected chi connectivity index (χ0v) is 16.9. The zero-order chi connectivity index (χ0) is 18.8. The van der Waals surface area contributed by atoms with E-state index in [1.54, 1.807) is 6.92 Å². The minimum absolute atomic E-state index is 0.134. The van der Waals surface area contributed by atoms with Crippen LogP contribution in [0.4, 0.5) is 0 Å². The Kier molecular flexibility index (Phi) is 5.37. The Labute approximate surface area is 161 Å². The van der Waals surface area contributed by atoms with Crippen LogP contribution < -0.4 is 4.74 Å². The number of carbonyl (C=O) groups excluding carboxylic acids is 1. The molecule has 0 unspecified atom stereocenters. The van der Waals surface area contributed by atoms with Gasteiger partial charge in [0, 0.05) is 20.9 Å². The second-order valence-electron chi connectivity index (χ2n) is 6.38. The molecule has 4 nitrogen and oxygen atoms in total. The van der Waals surface area contributed by atoms with E-state index in [9.17, 15) is 4.79 Å². The number of ether oxygens (including phenoxy) is 2. The third-order valence-electron chi connectivity index (χ3n) is 4.16. The number of carbonyl (C=O) groups is 1. The number of hydrogen-bond acceptors (Lipinski definition) is 3. The number of aryl methyl sites for hydroxylation is 1. The van der Waals surface area contributed by atoms with Crippen molar-refractivity contribution in [1.29, 1.82) is 0 Å². The first-order chi connectivity index (χ1) is 12.4. The topological polar surface area (TPSA) is 51.3 Å². The summed E-state index contributed by atoms with van der Waals surface area (Å²) in [7, 11) is 0. The molecule has 1 N–H and O–H groups in total. The summed E-state index contributed by atoms with van der Waals surface area (Å²) in [6.07, 6.45) is 0.134. The monoisotopic (exact) mass is 415 g/mol. The van der Waals surface area contributed by atoms with Gasteiger partial charge in [0.05, 0.1) is 12.7 Å². The quantitative estimate of drug-likeness (QED) is 0.530. The lowest BCUT2D eigenvalue weighted by atomic mass is 9.99. The summed E-state index contributed by atoms with van der Waals surface area (Å²) in [5.41, 5.74) is 4.39. The third-order valence-corrected chi connectivity index (χ3v) is 4.82. The number of H-pyrrole nitrogens is 1. The van der Waals surface area contributed by atoms with Crippen LogP contribution in [0.25, 0.3) is 22.0 Å². The number of fused-ring (bicyclic) bond motifs is 1. The van der Waals surface area contributed by atoms with Gasteiger partial charge in [-0.2, -0.15) is 0 Å². The van der Waals surface area contributed by atoms with Crippen LogP contribution in [0.3, 0.4) is 0 Å². The van der Waals surface area contributed by atoms with Gasteiger partial charge >= 0.3 is 5.97 Å². The van der Waals surface area contributed by atoms with Crippen LogP contribution in [0.1, 0.15) is 36.8 Å². The fraction of sp³-hybridized carbons (Fsp3) is 0.286. The first kappa shape index (κ1) is 18.5. The molecule has 3 rings (SSSR count). The lowest BCUT2D eigenvalue weighted by molar-refractivity contribution is 0.0519. The molecule has 0 saturated carbocycles. The van der Waals surface area contributed by atoms with Gasteiger partial charge in [0.15, 0.2) is 0 Å². The van der Waals surface area contributed by atoms with Crippen LogP contribution in [-0.2, 0) is 4.74 Å². The lowest BCUT2D eigenvalue weighted by Crippen LogP contribution is -2.06. The Morgan fingerprint density at radius 1 is 1.15 bits per heavy atom. The van der Waals surface area contributed by atoms with Crippen molar-refractivity contribution < 1.29 is 14.3 Å². The van der Waals surface area contributed by atoms with E-state index in [1.165, 1.54) is 0 Å². The molecule has 5 heteroatoms. The molecule has 1 aromatic heterocycles. The van der Waals surface area contributed by atoms with Gasteiger partial charge in [-0.05, 0) is 63.1 Å². The van der Waals surface area contributed by atoms with E-state index >= 15 is 0 Å². The molecule has 0 aliphatic rings. The van der Waals surface area contributed by atoms with Crippen LogP contribution >= 0.6 is 15.9 Å². The van der Waals surface area contributed by atoms with Crippen LogP contribution in [0.5, 0.6) is 5.75 Å². The molecule has 0 bridgehead atoms. The highest BCUT2D eigenvalue weighted by Crippen LogP contribution is 2.38. The van der Waals surface area contributed by atoms with Crippen LogP contribution in [0.15, 0.2) is 40.9 Å². The lowest BCUT2D eigenvalue weighted by Gasteiger charge is -2.12. The van der Waals surface area contributed by atoms with Gasteiger partial charge in [-0.3, -0.25) is 0 Å². The Bertz CT molecular complexity index is 942. The normalized spacial score (nSPS) is 11.2. The number of benzene rings is 2. The molecular formula is C21H22BrNO3. The van der Waals surface area contributed by atoms with E-state index in [-0.39, 0.29) is 12.1 Å². The highest BCUT2D eigenvalue weighted by Gasteiger charge is 2.20. The van der Waals surface area contributed by atoms with E-state index in [4.69, 9.17) is 9.47 Å². The maximum Gasteiger partial charge on any atom is 0.355 e. The number of halogens is 1. The van der Waals surface area contributed by atoms with Crippen molar-refractivity contribution in [2.75, 3.05) is 6.61 Å². The van der Waals surface area contributed by atoms with Crippen molar-refractivity contribution in [1.82, 2.24) is 4.98 Å². The summed E-state index contributed by atoms with van der Waals surface area (Å²) in [5.74, 6) is 0.508. The predicted molar refractivity (Wildman–Crippen MR) is 108 cm³/mol. The molecule has 0 spiro atoms. The van der Waals surface area contributed by atoms with E-state index in [0.29, 0.717) is 12.3 Å². The van der Waals surface area contributed by atoms with Gasteiger partial charge in [0.25, 0.3) is 0 Å². The van der Waals surface area contributed by atoms with E-state index < -0.39 is 0 Å². The molecule has 0 atom stereocenters. The molecule has 0 aliphatic carbocycles. The smallest absolute Gasteiger partial charge is 0.355 e. The van der Waals surface area contributed by atoms with E-state index in [2.05, 4.69) is 20.9 Å². The molecule has 0 saturated heterocycles. The van der Waals surface area contributed by atoms with Crippen molar-refractivity contribution >= 4 is 32.8 Å². The van der Waals surface area contributed by atoms with Crippen LogP contribution in [0, 0.1) is 6.92 Å². The standard InChI is InChI=1S/C21H22BrNO3/c1-5-25-21(24)20-13(4)18-17(23-20)11-10-16(22)19(18)14-6-8-15(9-7-14)26-12(2)3/h6-12,23H,5H2,1-4H3. The molecule has 0 radical (unpaired) electrons. The maximum absolute atomic E-state index is 12.2. The first-order valence-corrected chi connectivity index (χ1v) is 9.46. The second kappa shape index (κ2) is 7.54. The summed E-state index contributed by atoms with van der Waals surface area (Å²) < 4.78 is 11.9. The molecule has 0 fully saturated rings. The van der Waals surface area contributed by atoms with E-state index in [1.807, 2.05) is 57.2 Å². The van der Waals surface area contributed by atoms with Gasteiger partial charge in [-0.1, -0.05) is 28.1 Å². The fourth-order valence-corrected chi connectivity index (χ4v) is 3.65. The molecule has 0 aliphatic heterocycles. The molecule has 3 aromatic rings. The van der Waals surface area contributed by atoms with Gasteiger partial charge in [0.2, 0.25) is 0 Å². The highest BCUT2D eigenvalue weighted by molar-refractivity contribution is 9.10. The minimum Gasteiger partial charge on any atom is -0.491 e. The Morgan fingerprint density at radius 3 is 2.46 bits per heavy atom. The zero-order valence-electron chi connectivity index (χ0n) is 15.4. The molecule has 136 valence electrons. The SMILES string of the molecule is CCOC(=O)c1[nH]c2ccc(Br)c(-c3ccc(OC(C)C)cc3)c2c1C. The largest absolute Gasteiger partial charge is 0.491 e. The maximum atomic E-state index is 12.2. The van der Waals surface area contributed by atoms with E-state index in [0.717, 1.165) is 37.8 Å². The number of aromatic nitrogens is 1. The minimum atomic E-state index is -0.330. The number of aromatic amines is 1. The number of rotatable bonds is 5. The van der Waals surface area contributed by atoms with Gasteiger partial charge in [0.1, 0.15) is 11.4 Å². The molecule has 26 heavy (non-hydrogen) atoms. The predicted octanol–water partition coefficient (Wildman–Crippen LogP) is 5.87. The van der Waals surface area contributed by atoms with Crippen LogP contribution in [0.2, 0.25) is 0 Å². The summed E-state index contributed by atoms with van der Waals surface area (Å²) in [4.78, 5) is 15.4. The number of esters is 1. The molecule has 1 heterocycles. The third kappa shape index (κ3) is 3.49. The van der Waals surface area contributed by atoms with Crippen molar-refractivity contribution in [3.63, 3.8) is 0 Å². The van der Waals surface area contributed by atoms with Crippen LogP contribution in [-0.4, -0.2) is 23.7 Å². The van der Waals surface area contributed by atoms with Gasteiger partial charge in [-0.25, -0.2) is 4.79 Å². The summed E-state index contributed by atoms with van der Waals surface area (Å²) in [6.45, 7) is 8.11. The highest BCUT2D eigenvalue weighted by atomic mass is 79.9. The Hall–Kier alpha value is -2.27. The average molecular weight is 416 g/mol. The van der Waals surface area contributed by atoms with Gasteiger partial charge in [-0.15, -0.1) is 0 Å². The molecule has 2 aromatic carbocycles. The van der Waals surface area contributed by atoms with Crippen molar-refractivity contribution in [2.45, 2.75) is 33.8 Å². The molecular weight excluding hydrogens is 394 g/mol.